The minimum absolute atomic E-state index is 0.297. The number of carbonyl (C=O) groups is 1. The van der Waals surface area contributed by atoms with Crippen LogP contribution in [-0.4, -0.2) is 61.0 Å². The van der Waals surface area contributed by atoms with E-state index in [9.17, 15) is 4.79 Å². The Hall–Kier alpha value is -0.610. The summed E-state index contributed by atoms with van der Waals surface area (Å²) in [7, 11) is 0. The molecule has 0 unspecified atom stereocenters. The molecule has 1 rings (SSSR count). The molecule has 1 N–H and O–H groups in total. The third-order valence-electron chi connectivity index (χ3n) is 3.23. The maximum absolute atomic E-state index is 11.5. The Balaban J connectivity index is 2.09. The Morgan fingerprint density at radius 3 is 2.41 bits per heavy atom. The zero-order valence-electron chi connectivity index (χ0n) is 11.5. The van der Waals surface area contributed by atoms with E-state index < -0.39 is 0 Å². The zero-order valence-corrected chi connectivity index (χ0v) is 11.5. The van der Waals surface area contributed by atoms with Gasteiger partial charge in [-0.05, 0) is 19.5 Å². The van der Waals surface area contributed by atoms with Crippen LogP contribution in [0.4, 0.5) is 0 Å². The number of nitrogens with one attached hydrogen (secondary N) is 1. The lowest BCUT2D eigenvalue weighted by Gasteiger charge is -2.34. The summed E-state index contributed by atoms with van der Waals surface area (Å²) in [6.45, 7) is 12.4. The van der Waals surface area contributed by atoms with Gasteiger partial charge in [0.1, 0.15) is 0 Å². The molecule has 0 atom stereocenters. The lowest BCUT2D eigenvalue weighted by atomic mass is 10.2. The Kier molecular flexibility index (Phi) is 6.52. The Bertz CT molecular complexity index is 223. The van der Waals surface area contributed by atoms with E-state index in [4.69, 9.17) is 0 Å². The van der Waals surface area contributed by atoms with Crippen molar-refractivity contribution in [3.63, 3.8) is 0 Å². The van der Waals surface area contributed by atoms with Gasteiger partial charge in [0, 0.05) is 38.6 Å². The van der Waals surface area contributed by atoms with Crippen molar-refractivity contribution in [1.29, 1.82) is 0 Å². The van der Waals surface area contributed by atoms with Gasteiger partial charge in [-0.1, -0.05) is 20.8 Å². The molecular weight excluding hydrogens is 214 g/mol. The molecule has 0 aromatic heterocycles. The molecule has 1 heterocycles. The summed E-state index contributed by atoms with van der Waals surface area (Å²) in [5.41, 5.74) is 0. The summed E-state index contributed by atoms with van der Waals surface area (Å²) in [6.07, 6.45) is 1.83. The van der Waals surface area contributed by atoms with E-state index in [-0.39, 0.29) is 0 Å². The van der Waals surface area contributed by atoms with Crippen LogP contribution in [0.3, 0.4) is 0 Å². The van der Waals surface area contributed by atoms with Crippen molar-refractivity contribution >= 4 is 5.91 Å². The highest BCUT2D eigenvalue weighted by Crippen LogP contribution is 2.04. The smallest absolute Gasteiger partial charge is 0.222 e. The van der Waals surface area contributed by atoms with Crippen molar-refractivity contribution in [2.24, 2.45) is 0 Å². The molecule has 0 radical (unpaired) electrons. The predicted octanol–water partition coefficient (Wildman–Crippen LogP) is 0.929. The minimum atomic E-state index is 0.297. The summed E-state index contributed by atoms with van der Waals surface area (Å²) in [5, 5.41) is 3.43. The summed E-state index contributed by atoms with van der Waals surface area (Å²) < 4.78 is 0. The summed E-state index contributed by atoms with van der Waals surface area (Å²) >= 11 is 0. The topological polar surface area (TPSA) is 35.6 Å². The van der Waals surface area contributed by atoms with Crippen molar-refractivity contribution in [3.05, 3.63) is 0 Å². The molecule has 0 bridgehead atoms. The van der Waals surface area contributed by atoms with E-state index in [1.54, 1.807) is 0 Å². The zero-order chi connectivity index (χ0) is 12.7. The number of carbonyl (C=O) groups excluding carboxylic acids is 1. The maximum atomic E-state index is 11.5. The van der Waals surface area contributed by atoms with E-state index in [1.165, 1.54) is 6.42 Å². The number of nitrogens with zero attached hydrogens (tertiary/aromatic N) is 2. The molecule has 1 aliphatic rings. The van der Waals surface area contributed by atoms with Crippen LogP contribution >= 0.6 is 0 Å². The lowest BCUT2D eigenvalue weighted by Crippen LogP contribution is -2.49. The van der Waals surface area contributed by atoms with Crippen LogP contribution in [0.2, 0.25) is 0 Å². The molecule has 0 aliphatic carbocycles. The summed E-state index contributed by atoms with van der Waals surface area (Å²) in [5.74, 6) is 0.297. The normalized spacial score (nSPS) is 17.8. The molecule has 1 amide bonds. The maximum Gasteiger partial charge on any atom is 0.222 e. The summed E-state index contributed by atoms with van der Waals surface area (Å²) in [4.78, 5) is 16.0. The first-order valence-electron chi connectivity index (χ1n) is 6.87. The van der Waals surface area contributed by atoms with Gasteiger partial charge in [-0.25, -0.2) is 0 Å². The average Bonchev–Trinajstić information content (AvgIpc) is 2.34. The molecule has 17 heavy (non-hydrogen) atoms. The third kappa shape index (κ3) is 5.50. The molecule has 1 fully saturated rings. The van der Waals surface area contributed by atoms with Gasteiger partial charge in [-0.2, -0.15) is 0 Å². The molecule has 1 aliphatic heterocycles. The molecule has 4 nitrogen and oxygen atoms in total. The quantitative estimate of drug-likeness (QED) is 0.703. The van der Waals surface area contributed by atoms with Crippen LogP contribution in [-0.2, 0) is 4.79 Å². The second-order valence-electron chi connectivity index (χ2n) is 5.04. The van der Waals surface area contributed by atoms with Crippen LogP contribution in [0, 0.1) is 0 Å². The van der Waals surface area contributed by atoms with Gasteiger partial charge in [-0.3, -0.25) is 9.69 Å². The van der Waals surface area contributed by atoms with Crippen molar-refractivity contribution < 1.29 is 4.79 Å². The number of amides is 1. The molecule has 0 aromatic rings. The van der Waals surface area contributed by atoms with Crippen LogP contribution < -0.4 is 5.32 Å². The first kappa shape index (κ1) is 14.5. The van der Waals surface area contributed by atoms with Gasteiger partial charge in [-0.15, -0.1) is 0 Å². The largest absolute Gasteiger partial charge is 0.340 e. The molecule has 0 spiro atoms. The Labute approximate surface area is 105 Å². The fourth-order valence-electron chi connectivity index (χ4n) is 2.14. The SMILES string of the molecule is CCC(=O)N1CCN(CCCNC(C)C)CC1. The highest BCUT2D eigenvalue weighted by atomic mass is 16.2. The minimum Gasteiger partial charge on any atom is -0.340 e. The predicted molar refractivity (Wildman–Crippen MR) is 71.1 cm³/mol. The molecule has 100 valence electrons. The van der Waals surface area contributed by atoms with E-state index in [0.717, 1.165) is 39.3 Å². The van der Waals surface area contributed by atoms with Gasteiger partial charge in [0.25, 0.3) is 0 Å². The molecule has 0 saturated carbocycles. The highest BCUT2D eigenvalue weighted by molar-refractivity contribution is 5.75. The van der Waals surface area contributed by atoms with E-state index >= 15 is 0 Å². The average molecular weight is 241 g/mol. The third-order valence-corrected chi connectivity index (χ3v) is 3.23. The molecule has 0 aromatic carbocycles. The van der Waals surface area contributed by atoms with E-state index in [2.05, 4.69) is 24.1 Å². The van der Waals surface area contributed by atoms with Crippen molar-refractivity contribution in [2.75, 3.05) is 39.3 Å². The van der Waals surface area contributed by atoms with Gasteiger partial charge in [0.15, 0.2) is 0 Å². The van der Waals surface area contributed by atoms with E-state index in [0.29, 0.717) is 18.4 Å². The number of piperazine rings is 1. The van der Waals surface area contributed by atoms with Crippen molar-refractivity contribution in [2.45, 2.75) is 39.7 Å². The van der Waals surface area contributed by atoms with Crippen molar-refractivity contribution in [1.82, 2.24) is 15.1 Å². The Morgan fingerprint density at radius 2 is 1.88 bits per heavy atom. The lowest BCUT2D eigenvalue weighted by molar-refractivity contribution is -0.132. The molecule has 4 heteroatoms. The van der Waals surface area contributed by atoms with Crippen LogP contribution in [0.25, 0.3) is 0 Å². The first-order chi connectivity index (χ1) is 8.13. The fourth-order valence-corrected chi connectivity index (χ4v) is 2.14. The van der Waals surface area contributed by atoms with Crippen molar-refractivity contribution in [3.8, 4) is 0 Å². The van der Waals surface area contributed by atoms with Crippen LogP contribution in [0.5, 0.6) is 0 Å². The second kappa shape index (κ2) is 7.67. The van der Waals surface area contributed by atoms with Gasteiger partial charge in [0.05, 0.1) is 0 Å². The Morgan fingerprint density at radius 1 is 1.24 bits per heavy atom. The van der Waals surface area contributed by atoms with Gasteiger partial charge < -0.3 is 10.2 Å². The van der Waals surface area contributed by atoms with E-state index in [1.807, 2.05) is 11.8 Å². The fraction of sp³-hybridized carbons (Fsp3) is 0.923. The standard InChI is InChI=1S/C13H27N3O/c1-4-13(17)16-10-8-15(9-11-16)7-5-6-14-12(2)3/h12,14H,4-11H2,1-3H3. The summed E-state index contributed by atoms with van der Waals surface area (Å²) in [6, 6.07) is 0.578. The highest BCUT2D eigenvalue weighted by Gasteiger charge is 2.19. The second-order valence-corrected chi connectivity index (χ2v) is 5.04. The molecule has 1 saturated heterocycles. The van der Waals surface area contributed by atoms with Gasteiger partial charge >= 0.3 is 0 Å². The van der Waals surface area contributed by atoms with Crippen LogP contribution in [0.1, 0.15) is 33.6 Å². The van der Waals surface area contributed by atoms with Gasteiger partial charge in [0.2, 0.25) is 5.91 Å². The first-order valence-corrected chi connectivity index (χ1v) is 6.87. The van der Waals surface area contributed by atoms with Crippen LogP contribution in [0.15, 0.2) is 0 Å². The number of hydrogen-bond donors (Lipinski definition) is 1. The number of rotatable bonds is 6. The molecular formula is C13H27N3O. The number of hydrogen-bond acceptors (Lipinski definition) is 3. The monoisotopic (exact) mass is 241 g/mol.